The van der Waals surface area contributed by atoms with Crippen LogP contribution in [0.15, 0.2) is 29.2 Å². The standard InChI is InChI=1S/C12H17ClN2O2S/c13-11-3-1-2-4-12(11)18(16,17)15-9-10-5-7-14-8-6-10/h1-4,10,14-15H,5-9H2. The maximum absolute atomic E-state index is 12.1. The van der Waals surface area contributed by atoms with Crippen molar-refractivity contribution in [3.63, 3.8) is 0 Å². The Kier molecular flexibility index (Phi) is 4.61. The van der Waals surface area contributed by atoms with Crippen molar-refractivity contribution in [3.8, 4) is 0 Å². The lowest BCUT2D eigenvalue weighted by Crippen LogP contribution is -2.36. The summed E-state index contributed by atoms with van der Waals surface area (Å²) in [5.41, 5.74) is 0. The van der Waals surface area contributed by atoms with E-state index in [0.29, 0.717) is 12.5 Å². The van der Waals surface area contributed by atoms with Crippen molar-refractivity contribution in [1.82, 2.24) is 10.0 Å². The Morgan fingerprint density at radius 2 is 1.94 bits per heavy atom. The predicted octanol–water partition coefficient (Wildman–Crippen LogP) is 1.62. The average molecular weight is 289 g/mol. The van der Waals surface area contributed by atoms with Crippen molar-refractivity contribution in [2.24, 2.45) is 5.92 Å². The van der Waals surface area contributed by atoms with Crippen molar-refractivity contribution < 1.29 is 8.42 Å². The topological polar surface area (TPSA) is 58.2 Å². The van der Waals surface area contributed by atoms with Gasteiger partial charge in [0.05, 0.1) is 5.02 Å². The molecule has 4 nitrogen and oxygen atoms in total. The number of benzene rings is 1. The smallest absolute Gasteiger partial charge is 0.242 e. The van der Waals surface area contributed by atoms with Crippen LogP contribution in [0.3, 0.4) is 0 Å². The minimum Gasteiger partial charge on any atom is -0.317 e. The van der Waals surface area contributed by atoms with Gasteiger partial charge in [-0.05, 0) is 44.0 Å². The summed E-state index contributed by atoms with van der Waals surface area (Å²) in [6.07, 6.45) is 2.01. The van der Waals surface area contributed by atoms with E-state index >= 15 is 0 Å². The Morgan fingerprint density at radius 1 is 1.28 bits per heavy atom. The number of hydrogen-bond donors (Lipinski definition) is 2. The third-order valence-electron chi connectivity index (χ3n) is 3.15. The van der Waals surface area contributed by atoms with Gasteiger partial charge in [-0.3, -0.25) is 0 Å². The fourth-order valence-electron chi connectivity index (χ4n) is 2.05. The molecular weight excluding hydrogens is 272 g/mol. The molecule has 1 saturated heterocycles. The van der Waals surface area contributed by atoms with Crippen molar-refractivity contribution >= 4 is 21.6 Å². The number of halogens is 1. The summed E-state index contributed by atoms with van der Waals surface area (Å²) in [7, 11) is -3.49. The van der Waals surface area contributed by atoms with Gasteiger partial charge in [-0.2, -0.15) is 0 Å². The summed E-state index contributed by atoms with van der Waals surface area (Å²) < 4.78 is 26.8. The average Bonchev–Trinajstić information content (AvgIpc) is 2.38. The lowest BCUT2D eigenvalue weighted by molar-refractivity contribution is 0.372. The zero-order valence-corrected chi connectivity index (χ0v) is 11.6. The van der Waals surface area contributed by atoms with E-state index in [1.165, 1.54) is 6.07 Å². The molecule has 0 spiro atoms. The van der Waals surface area contributed by atoms with Gasteiger partial charge in [-0.1, -0.05) is 23.7 Å². The number of nitrogens with one attached hydrogen (secondary N) is 2. The van der Waals surface area contributed by atoms with Gasteiger partial charge in [0.2, 0.25) is 10.0 Å². The molecular formula is C12H17ClN2O2S. The zero-order chi connectivity index (χ0) is 13.0. The quantitative estimate of drug-likeness (QED) is 0.885. The molecule has 1 aliphatic rings. The molecule has 0 unspecified atom stereocenters. The van der Waals surface area contributed by atoms with E-state index in [-0.39, 0.29) is 9.92 Å². The number of rotatable bonds is 4. The van der Waals surface area contributed by atoms with E-state index in [1.54, 1.807) is 18.2 Å². The third-order valence-corrected chi connectivity index (χ3v) is 5.07. The van der Waals surface area contributed by atoms with Crippen LogP contribution in [-0.2, 0) is 10.0 Å². The number of sulfonamides is 1. The van der Waals surface area contributed by atoms with Crippen LogP contribution in [0.4, 0.5) is 0 Å². The molecule has 1 heterocycles. The molecule has 0 aliphatic carbocycles. The maximum Gasteiger partial charge on any atom is 0.242 e. The summed E-state index contributed by atoms with van der Waals surface area (Å²) in [6.45, 7) is 2.40. The van der Waals surface area contributed by atoms with Crippen molar-refractivity contribution in [1.29, 1.82) is 0 Å². The molecule has 0 aromatic heterocycles. The highest BCUT2D eigenvalue weighted by Crippen LogP contribution is 2.20. The van der Waals surface area contributed by atoms with Crippen LogP contribution in [0.2, 0.25) is 5.02 Å². The van der Waals surface area contributed by atoms with E-state index in [4.69, 9.17) is 11.6 Å². The van der Waals surface area contributed by atoms with E-state index in [2.05, 4.69) is 10.0 Å². The van der Waals surface area contributed by atoms with Gasteiger partial charge in [0.15, 0.2) is 0 Å². The van der Waals surface area contributed by atoms with E-state index < -0.39 is 10.0 Å². The molecule has 1 aliphatic heterocycles. The summed E-state index contributed by atoms with van der Waals surface area (Å²) in [6, 6.07) is 6.49. The molecule has 1 fully saturated rings. The van der Waals surface area contributed by atoms with Gasteiger partial charge in [-0.15, -0.1) is 0 Å². The minimum atomic E-state index is -3.49. The summed E-state index contributed by atoms with van der Waals surface area (Å²) in [5.74, 6) is 0.406. The summed E-state index contributed by atoms with van der Waals surface area (Å²) >= 11 is 5.90. The van der Waals surface area contributed by atoms with Crippen molar-refractivity contribution in [2.75, 3.05) is 19.6 Å². The van der Waals surface area contributed by atoms with Gasteiger partial charge in [0.25, 0.3) is 0 Å². The molecule has 2 N–H and O–H groups in total. The van der Waals surface area contributed by atoms with Crippen LogP contribution in [0, 0.1) is 5.92 Å². The predicted molar refractivity (Wildman–Crippen MR) is 72.2 cm³/mol. The van der Waals surface area contributed by atoms with Crippen LogP contribution in [0.1, 0.15) is 12.8 Å². The number of hydrogen-bond acceptors (Lipinski definition) is 3. The molecule has 18 heavy (non-hydrogen) atoms. The van der Waals surface area contributed by atoms with Crippen LogP contribution >= 0.6 is 11.6 Å². The fourth-order valence-corrected chi connectivity index (χ4v) is 3.69. The highest BCUT2D eigenvalue weighted by atomic mass is 35.5. The highest BCUT2D eigenvalue weighted by Gasteiger charge is 2.20. The van der Waals surface area contributed by atoms with Gasteiger partial charge < -0.3 is 5.32 Å². The van der Waals surface area contributed by atoms with E-state index in [0.717, 1.165) is 25.9 Å². The minimum absolute atomic E-state index is 0.153. The molecule has 0 bridgehead atoms. The lowest BCUT2D eigenvalue weighted by Gasteiger charge is -2.22. The Balaban J connectivity index is 2.01. The van der Waals surface area contributed by atoms with Gasteiger partial charge in [0.1, 0.15) is 4.90 Å². The molecule has 0 saturated carbocycles. The zero-order valence-electron chi connectivity index (χ0n) is 10.0. The van der Waals surface area contributed by atoms with Crippen molar-refractivity contribution in [3.05, 3.63) is 29.3 Å². The molecule has 0 radical (unpaired) electrons. The number of piperidine rings is 1. The van der Waals surface area contributed by atoms with Crippen LogP contribution in [0.5, 0.6) is 0 Å². The van der Waals surface area contributed by atoms with Gasteiger partial charge in [-0.25, -0.2) is 13.1 Å². The normalized spacial score (nSPS) is 17.8. The maximum atomic E-state index is 12.1. The van der Waals surface area contributed by atoms with Crippen LogP contribution in [-0.4, -0.2) is 28.1 Å². The van der Waals surface area contributed by atoms with Crippen LogP contribution in [0.25, 0.3) is 0 Å². The van der Waals surface area contributed by atoms with Crippen molar-refractivity contribution in [2.45, 2.75) is 17.7 Å². The Labute approximate surface area is 113 Å². The van der Waals surface area contributed by atoms with E-state index in [1.807, 2.05) is 0 Å². The molecule has 2 rings (SSSR count). The Morgan fingerprint density at radius 3 is 2.61 bits per heavy atom. The molecule has 1 aromatic carbocycles. The fraction of sp³-hybridized carbons (Fsp3) is 0.500. The molecule has 0 atom stereocenters. The second-order valence-electron chi connectivity index (χ2n) is 4.48. The third kappa shape index (κ3) is 3.45. The second-order valence-corrected chi connectivity index (χ2v) is 6.62. The lowest BCUT2D eigenvalue weighted by atomic mass is 9.99. The first-order valence-electron chi connectivity index (χ1n) is 6.04. The molecule has 6 heteroatoms. The molecule has 0 amide bonds. The molecule has 1 aromatic rings. The first-order valence-corrected chi connectivity index (χ1v) is 7.90. The monoisotopic (exact) mass is 288 g/mol. The Bertz CT molecular complexity index is 499. The first-order chi connectivity index (χ1) is 8.59. The van der Waals surface area contributed by atoms with Crippen LogP contribution < -0.4 is 10.0 Å². The van der Waals surface area contributed by atoms with Gasteiger partial charge in [0, 0.05) is 6.54 Å². The molecule has 100 valence electrons. The summed E-state index contributed by atoms with van der Waals surface area (Å²) in [4.78, 5) is 0.153. The largest absolute Gasteiger partial charge is 0.317 e. The first kappa shape index (κ1) is 13.8. The second kappa shape index (κ2) is 6.02. The van der Waals surface area contributed by atoms with Gasteiger partial charge >= 0.3 is 0 Å². The SMILES string of the molecule is O=S(=O)(NCC1CCNCC1)c1ccccc1Cl. The summed E-state index contributed by atoms with van der Waals surface area (Å²) in [5, 5.41) is 3.51. The van der Waals surface area contributed by atoms with E-state index in [9.17, 15) is 8.42 Å². The Hall–Kier alpha value is -0.620. The highest BCUT2D eigenvalue weighted by molar-refractivity contribution is 7.89.